The van der Waals surface area contributed by atoms with Crippen molar-refractivity contribution in [1.29, 1.82) is 0 Å². The summed E-state index contributed by atoms with van der Waals surface area (Å²) in [4.78, 5) is 11.9. The molecule has 3 aliphatic carbocycles. The highest BCUT2D eigenvalue weighted by Crippen LogP contribution is 2.41. The van der Waals surface area contributed by atoms with Crippen LogP contribution >= 0.6 is 11.6 Å². The summed E-state index contributed by atoms with van der Waals surface area (Å²) < 4.78 is 0. The van der Waals surface area contributed by atoms with E-state index in [0.29, 0.717) is 11.1 Å². The van der Waals surface area contributed by atoms with E-state index in [1.807, 2.05) is 0 Å². The van der Waals surface area contributed by atoms with Gasteiger partial charge in [-0.05, 0) is 57.3 Å². The summed E-state index contributed by atoms with van der Waals surface area (Å²) in [6, 6.07) is 0. The second-order valence-electron chi connectivity index (χ2n) is 6.89. The zero-order valence-electron chi connectivity index (χ0n) is 12.1. The summed E-state index contributed by atoms with van der Waals surface area (Å²) >= 11 is 6.36. The first kappa shape index (κ1) is 12.9. The summed E-state index contributed by atoms with van der Waals surface area (Å²) in [7, 11) is 0. The molecule has 0 aromatic carbocycles. The number of anilines is 1. The third kappa shape index (κ3) is 2.78. The van der Waals surface area contributed by atoms with Gasteiger partial charge in [-0.3, -0.25) is 0 Å². The molecule has 20 heavy (non-hydrogen) atoms. The van der Waals surface area contributed by atoms with Gasteiger partial charge in [0.1, 0.15) is 16.8 Å². The molecule has 1 heterocycles. The van der Waals surface area contributed by atoms with Crippen molar-refractivity contribution in [1.82, 2.24) is 9.97 Å². The normalized spacial score (nSPS) is 22.1. The molecule has 0 spiro atoms. The fourth-order valence-electron chi connectivity index (χ4n) is 2.80. The van der Waals surface area contributed by atoms with Crippen LogP contribution in [0.5, 0.6) is 0 Å². The van der Waals surface area contributed by atoms with E-state index in [1.165, 1.54) is 38.5 Å². The Morgan fingerprint density at radius 2 is 1.60 bits per heavy atom. The van der Waals surface area contributed by atoms with Gasteiger partial charge in [-0.15, -0.1) is 0 Å². The number of rotatable bonds is 6. The first-order valence-electron chi connectivity index (χ1n) is 7.99. The molecule has 3 fully saturated rings. The Hall–Kier alpha value is -0.830. The van der Waals surface area contributed by atoms with E-state index in [1.54, 1.807) is 0 Å². The molecule has 0 unspecified atom stereocenters. The largest absolute Gasteiger partial charge is 0.356 e. The fourth-order valence-corrected chi connectivity index (χ4v) is 2.97. The summed E-state index contributed by atoms with van der Waals surface area (Å²) in [5, 5.41) is 0.661. The summed E-state index contributed by atoms with van der Waals surface area (Å²) in [6.07, 6.45) is 7.99. The van der Waals surface area contributed by atoms with Crippen LogP contribution in [0.25, 0.3) is 0 Å². The molecule has 4 rings (SSSR count). The number of hydrogen-bond acceptors (Lipinski definition) is 3. The maximum atomic E-state index is 6.36. The Balaban J connectivity index is 1.64. The summed E-state index contributed by atoms with van der Waals surface area (Å²) in [6.45, 7) is 4.39. The minimum Gasteiger partial charge on any atom is -0.356 e. The van der Waals surface area contributed by atoms with Crippen molar-refractivity contribution in [3.8, 4) is 0 Å². The molecule has 0 radical (unpaired) electrons. The molecule has 3 nitrogen and oxygen atoms in total. The highest BCUT2D eigenvalue weighted by atomic mass is 35.5. The van der Waals surface area contributed by atoms with E-state index >= 15 is 0 Å². The molecule has 108 valence electrons. The summed E-state index contributed by atoms with van der Waals surface area (Å²) in [5.41, 5.74) is 1.07. The smallest absolute Gasteiger partial charge is 0.137 e. The molecule has 0 atom stereocenters. The number of nitrogens with zero attached hydrogens (tertiary/aromatic N) is 3. The van der Waals surface area contributed by atoms with E-state index < -0.39 is 0 Å². The van der Waals surface area contributed by atoms with Crippen molar-refractivity contribution < 1.29 is 0 Å². The molecule has 0 saturated heterocycles. The standard InChI is InChI=1S/C16H22ClN3/c1-10-14(17)18-15(13-6-7-13)19-16(10)20(8-11-2-3-11)9-12-4-5-12/h11-13H,2-9H2,1H3. The van der Waals surface area contributed by atoms with Crippen LogP contribution in [-0.4, -0.2) is 23.1 Å². The Morgan fingerprint density at radius 3 is 2.10 bits per heavy atom. The summed E-state index contributed by atoms with van der Waals surface area (Å²) in [5.74, 6) is 4.42. The average Bonchev–Trinajstić information content (AvgIpc) is 3.25. The minimum atomic E-state index is 0.565. The van der Waals surface area contributed by atoms with Gasteiger partial charge in [-0.2, -0.15) is 0 Å². The van der Waals surface area contributed by atoms with Gasteiger partial charge >= 0.3 is 0 Å². The lowest BCUT2D eigenvalue weighted by molar-refractivity contribution is 0.665. The lowest BCUT2D eigenvalue weighted by Crippen LogP contribution is -2.30. The average molecular weight is 292 g/mol. The van der Waals surface area contributed by atoms with Gasteiger partial charge in [0.05, 0.1) is 0 Å². The molecule has 1 aromatic rings. The molecular formula is C16H22ClN3. The zero-order chi connectivity index (χ0) is 13.7. The Bertz CT molecular complexity index is 505. The SMILES string of the molecule is Cc1c(Cl)nc(C2CC2)nc1N(CC1CC1)CC1CC1. The van der Waals surface area contributed by atoms with E-state index in [-0.39, 0.29) is 0 Å². The van der Waals surface area contributed by atoms with Gasteiger partial charge in [0.25, 0.3) is 0 Å². The zero-order valence-corrected chi connectivity index (χ0v) is 12.9. The van der Waals surface area contributed by atoms with Gasteiger partial charge in [-0.1, -0.05) is 11.6 Å². The van der Waals surface area contributed by atoms with Gasteiger partial charge in [-0.25, -0.2) is 9.97 Å². The monoisotopic (exact) mass is 291 g/mol. The number of halogens is 1. The van der Waals surface area contributed by atoms with E-state index in [2.05, 4.69) is 16.8 Å². The van der Waals surface area contributed by atoms with E-state index in [0.717, 1.165) is 42.1 Å². The molecule has 0 bridgehead atoms. The fraction of sp³-hybridized carbons (Fsp3) is 0.750. The Morgan fingerprint density at radius 1 is 1.00 bits per heavy atom. The van der Waals surface area contributed by atoms with Crippen LogP contribution in [-0.2, 0) is 0 Å². The molecule has 0 aliphatic heterocycles. The topological polar surface area (TPSA) is 29.0 Å². The molecule has 3 saturated carbocycles. The van der Waals surface area contributed by atoms with Crippen LogP contribution in [0.1, 0.15) is 55.8 Å². The first-order chi connectivity index (χ1) is 9.70. The van der Waals surface area contributed by atoms with Gasteiger partial charge in [0.2, 0.25) is 0 Å². The molecule has 4 heteroatoms. The van der Waals surface area contributed by atoms with Gasteiger partial charge < -0.3 is 4.90 Å². The van der Waals surface area contributed by atoms with Crippen molar-refractivity contribution in [3.05, 3.63) is 16.5 Å². The van der Waals surface area contributed by atoms with Crippen LogP contribution < -0.4 is 4.90 Å². The van der Waals surface area contributed by atoms with E-state index in [9.17, 15) is 0 Å². The first-order valence-corrected chi connectivity index (χ1v) is 8.37. The highest BCUT2D eigenvalue weighted by Gasteiger charge is 2.33. The lowest BCUT2D eigenvalue weighted by atomic mass is 10.2. The molecule has 1 aromatic heterocycles. The molecule has 0 amide bonds. The lowest BCUT2D eigenvalue weighted by Gasteiger charge is -2.26. The second-order valence-corrected chi connectivity index (χ2v) is 7.25. The van der Waals surface area contributed by atoms with Crippen molar-refractivity contribution >= 4 is 17.4 Å². The second kappa shape index (κ2) is 4.87. The molecular weight excluding hydrogens is 270 g/mol. The Kier molecular flexibility index (Phi) is 3.13. The maximum Gasteiger partial charge on any atom is 0.137 e. The van der Waals surface area contributed by atoms with Crippen LogP contribution in [0.2, 0.25) is 5.15 Å². The van der Waals surface area contributed by atoms with Crippen molar-refractivity contribution in [2.45, 2.75) is 51.4 Å². The number of aromatic nitrogens is 2. The van der Waals surface area contributed by atoms with Gasteiger partial charge in [0.15, 0.2) is 0 Å². The van der Waals surface area contributed by atoms with Gasteiger partial charge in [0, 0.05) is 24.6 Å². The highest BCUT2D eigenvalue weighted by molar-refractivity contribution is 6.30. The van der Waals surface area contributed by atoms with Crippen LogP contribution in [0.3, 0.4) is 0 Å². The Labute approximate surface area is 125 Å². The third-order valence-corrected chi connectivity index (χ3v) is 5.04. The van der Waals surface area contributed by atoms with Crippen molar-refractivity contribution in [2.24, 2.45) is 11.8 Å². The quantitative estimate of drug-likeness (QED) is 0.743. The maximum absolute atomic E-state index is 6.36. The third-order valence-electron chi connectivity index (χ3n) is 4.67. The molecule has 3 aliphatic rings. The van der Waals surface area contributed by atoms with Crippen LogP contribution in [0.4, 0.5) is 5.82 Å². The van der Waals surface area contributed by atoms with Crippen molar-refractivity contribution in [3.63, 3.8) is 0 Å². The minimum absolute atomic E-state index is 0.565. The number of hydrogen-bond donors (Lipinski definition) is 0. The molecule has 0 N–H and O–H groups in total. The predicted octanol–water partition coefficient (Wildman–Crippen LogP) is 3.94. The van der Waals surface area contributed by atoms with Crippen LogP contribution in [0, 0.1) is 18.8 Å². The van der Waals surface area contributed by atoms with Crippen molar-refractivity contribution in [2.75, 3.05) is 18.0 Å². The predicted molar refractivity (Wildman–Crippen MR) is 81.4 cm³/mol. The van der Waals surface area contributed by atoms with E-state index in [4.69, 9.17) is 16.6 Å². The van der Waals surface area contributed by atoms with Crippen LogP contribution in [0.15, 0.2) is 0 Å².